The zero-order chi connectivity index (χ0) is 21.1. The van der Waals surface area contributed by atoms with Crippen LogP contribution in [0.15, 0.2) is 0 Å². The molecule has 6 fully saturated rings. The first-order chi connectivity index (χ1) is 14.8. The molecule has 0 aliphatic heterocycles. The zero-order valence-electron chi connectivity index (χ0n) is 21.1. The van der Waals surface area contributed by atoms with Gasteiger partial charge in [-0.05, 0) is 0 Å². The van der Waals surface area contributed by atoms with Gasteiger partial charge >= 0.3 is 21.1 Å². The molecule has 8 unspecified atom stereocenters. The molecule has 0 saturated heterocycles. The second-order valence-electron chi connectivity index (χ2n) is 11.4. The van der Waals surface area contributed by atoms with Crippen LogP contribution in [0.2, 0.25) is 0 Å². The average molecular weight is 968 g/mol. The van der Waals surface area contributed by atoms with Gasteiger partial charge < -0.3 is 16.1 Å². The minimum atomic E-state index is 0. The fourth-order valence-electron chi connectivity index (χ4n) is 9.10. The van der Waals surface area contributed by atoms with Crippen molar-refractivity contribution in [2.24, 2.45) is 47.3 Å². The number of aliphatic hydroxyl groups is 2. The van der Waals surface area contributed by atoms with Gasteiger partial charge in [-0.25, -0.2) is 0 Å². The van der Waals surface area contributed by atoms with Gasteiger partial charge in [-0.3, -0.25) is 0 Å². The molecule has 6 aliphatic carbocycles. The summed E-state index contributed by atoms with van der Waals surface area (Å²) in [6.45, 7) is 2.49. The summed E-state index contributed by atoms with van der Waals surface area (Å²) in [6, 6.07) is 0. The summed E-state index contributed by atoms with van der Waals surface area (Å²) in [5, 5.41) is 17.2. The van der Waals surface area contributed by atoms with Crippen molar-refractivity contribution < 1.29 is 73.4 Å². The Bertz CT molecular complexity index is 443. The Balaban J connectivity index is 0.000000283. The SMILES string of the molecule is CO.C[C-]1C2CCCCC2C2CCCCC12.O[C-]1C2CCCCC2C2CCCCC12.[W+2].[W].[W]. The molecular weight excluding hydrogens is 920 g/mol. The minimum absolute atomic E-state index is 0. The van der Waals surface area contributed by atoms with Crippen molar-refractivity contribution in [3.63, 3.8) is 0 Å². The molecule has 8 atom stereocenters. The molecule has 6 saturated carbocycles. The Labute approximate surface area is 247 Å². The smallest absolute Gasteiger partial charge is 0.562 e. The van der Waals surface area contributed by atoms with Crippen molar-refractivity contribution in [3.8, 4) is 0 Å². The average Bonchev–Trinajstić information content (AvgIpc) is 3.29. The van der Waals surface area contributed by atoms with Crippen LogP contribution in [-0.4, -0.2) is 17.3 Å². The third kappa shape index (κ3) is 7.10. The van der Waals surface area contributed by atoms with Crippen molar-refractivity contribution in [1.29, 1.82) is 0 Å². The van der Waals surface area contributed by atoms with E-state index in [9.17, 15) is 5.11 Å². The van der Waals surface area contributed by atoms with Crippen LogP contribution in [0.3, 0.4) is 0 Å². The summed E-state index contributed by atoms with van der Waals surface area (Å²) in [4.78, 5) is 0. The molecule has 0 bridgehead atoms. The number of aliphatic hydroxyl groups excluding tert-OH is 2. The Kier molecular flexibility index (Phi) is 16.1. The van der Waals surface area contributed by atoms with E-state index < -0.39 is 0 Å². The van der Waals surface area contributed by atoms with E-state index in [2.05, 4.69) is 6.92 Å². The molecule has 2 N–H and O–H groups in total. The molecule has 5 heteroatoms. The third-order valence-corrected chi connectivity index (χ3v) is 10.3. The largest absolute Gasteiger partial charge is 2.00 e. The Hall–Kier alpha value is 1.98. The summed E-state index contributed by atoms with van der Waals surface area (Å²) in [7, 11) is 1.00. The van der Waals surface area contributed by atoms with Gasteiger partial charge in [0.1, 0.15) is 0 Å². The first-order valence-electron chi connectivity index (χ1n) is 13.6. The maximum Gasteiger partial charge on any atom is 2.00 e. The molecule has 0 aromatic carbocycles. The fourth-order valence-corrected chi connectivity index (χ4v) is 9.10. The Morgan fingerprint density at radius 3 is 1.06 bits per heavy atom. The molecule has 2 nitrogen and oxygen atoms in total. The van der Waals surface area contributed by atoms with E-state index in [4.69, 9.17) is 5.11 Å². The van der Waals surface area contributed by atoms with Crippen LogP contribution < -0.4 is 0 Å². The molecule has 0 spiro atoms. The monoisotopic (exact) mass is 968 g/mol. The molecular formula is C28H48O2W3. The van der Waals surface area contributed by atoms with Gasteiger partial charge in [-0.2, -0.15) is 24.9 Å². The van der Waals surface area contributed by atoms with E-state index >= 15 is 0 Å². The van der Waals surface area contributed by atoms with Crippen molar-refractivity contribution in [1.82, 2.24) is 0 Å². The second kappa shape index (κ2) is 16.1. The fraction of sp³-hybridized carbons (Fsp3) is 0.929. The van der Waals surface area contributed by atoms with E-state index in [1.54, 1.807) is 12.8 Å². The van der Waals surface area contributed by atoms with Gasteiger partial charge in [-0.1, -0.05) is 126 Å². The van der Waals surface area contributed by atoms with Crippen molar-refractivity contribution in [3.05, 3.63) is 12.0 Å². The standard InChI is InChI=1S/C14H23.C13H21O.CH4O.3W/c1-10-11-6-2-4-8-13(11)14-9-5-3-7-12(10)14;14-13-11-7-3-1-5-9(11)10-6-2-4-8-12(10)13;1-2;;;/h11-14H,2-9H2,1H3;9-12,14H,1-8H2;2H,1H3;;;/q2*-1;;;;+2. The molecule has 0 aromatic rings. The molecule has 0 aromatic heterocycles. The molecule has 6 rings (SSSR count). The van der Waals surface area contributed by atoms with Crippen LogP contribution in [0.5, 0.6) is 0 Å². The second-order valence-corrected chi connectivity index (χ2v) is 11.4. The number of fused-ring (bicyclic) bond motifs is 6. The van der Waals surface area contributed by atoms with Crippen molar-refractivity contribution >= 4 is 0 Å². The maximum absolute atomic E-state index is 10.2. The Morgan fingerprint density at radius 1 is 0.485 bits per heavy atom. The van der Waals surface area contributed by atoms with Crippen molar-refractivity contribution in [2.45, 2.75) is 110 Å². The molecule has 6 aliphatic rings. The molecule has 0 heterocycles. The van der Waals surface area contributed by atoms with Gasteiger partial charge in [0, 0.05) is 49.2 Å². The predicted octanol–water partition coefficient (Wildman–Crippen LogP) is 7.33. The molecule has 190 valence electrons. The third-order valence-electron chi connectivity index (χ3n) is 10.3. The van der Waals surface area contributed by atoms with E-state index in [-0.39, 0.29) is 63.2 Å². The quantitative estimate of drug-likeness (QED) is 0.250. The van der Waals surface area contributed by atoms with Gasteiger partial charge in [-0.15, -0.1) is 11.8 Å². The van der Waals surface area contributed by atoms with Crippen LogP contribution in [0, 0.1) is 59.4 Å². The van der Waals surface area contributed by atoms with Crippen LogP contribution in [0.25, 0.3) is 0 Å². The topological polar surface area (TPSA) is 40.5 Å². The predicted molar refractivity (Wildman–Crippen MR) is 124 cm³/mol. The summed E-state index contributed by atoms with van der Waals surface area (Å²) in [5.41, 5.74) is 0. The van der Waals surface area contributed by atoms with Gasteiger partial charge in [0.25, 0.3) is 0 Å². The van der Waals surface area contributed by atoms with Gasteiger partial charge in [0.2, 0.25) is 0 Å². The van der Waals surface area contributed by atoms with Crippen LogP contribution in [0.4, 0.5) is 0 Å². The summed E-state index contributed by atoms with van der Waals surface area (Å²) < 4.78 is 0. The summed E-state index contributed by atoms with van der Waals surface area (Å²) >= 11 is 0. The molecule has 0 amide bonds. The summed E-state index contributed by atoms with van der Waals surface area (Å²) in [6.07, 6.45) is 24.1. The first-order valence-corrected chi connectivity index (χ1v) is 13.6. The molecule has 0 radical (unpaired) electrons. The van der Waals surface area contributed by atoms with E-state index in [0.29, 0.717) is 11.8 Å². The van der Waals surface area contributed by atoms with E-state index in [1.165, 1.54) is 89.9 Å². The molecule has 33 heavy (non-hydrogen) atoms. The summed E-state index contributed by atoms with van der Waals surface area (Å²) in [5.74, 6) is 9.22. The maximum atomic E-state index is 10.2. The van der Waals surface area contributed by atoms with Crippen LogP contribution in [0.1, 0.15) is 110 Å². The zero-order valence-corrected chi connectivity index (χ0v) is 29.9. The van der Waals surface area contributed by atoms with Gasteiger partial charge in [0.15, 0.2) is 0 Å². The Morgan fingerprint density at radius 2 is 0.727 bits per heavy atom. The normalized spacial score (nSPS) is 41.5. The number of rotatable bonds is 0. The minimum Gasteiger partial charge on any atom is -0.562 e. The number of hydrogen-bond donors (Lipinski definition) is 2. The van der Waals surface area contributed by atoms with Crippen LogP contribution in [-0.2, 0) is 63.2 Å². The van der Waals surface area contributed by atoms with E-state index in [0.717, 1.165) is 48.7 Å². The van der Waals surface area contributed by atoms with Crippen LogP contribution >= 0.6 is 0 Å². The first kappa shape index (κ1) is 33.0. The van der Waals surface area contributed by atoms with Crippen molar-refractivity contribution in [2.75, 3.05) is 7.11 Å². The van der Waals surface area contributed by atoms with E-state index in [1.807, 2.05) is 5.92 Å². The van der Waals surface area contributed by atoms with Gasteiger partial charge in [0.05, 0.1) is 0 Å². The number of hydrogen-bond acceptors (Lipinski definition) is 2.